The van der Waals surface area contributed by atoms with Crippen LogP contribution in [0.1, 0.15) is 75.4 Å². The molecular formula is C32H45N5O3. The zero-order chi connectivity index (χ0) is 30.0. The Kier molecular flexibility index (Phi) is 12.1. The van der Waals surface area contributed by atoms with Gasteiger partial charge in [-0.25, -0.2) is 0 Å². The molecule has 1 aliphatic rings. The van der Waals surface area contributed by atoms with Crippen molar-refractivity contribution in [2.75, 3.05) is 20.6 Å². The van der Waals surface area contributed by atoms with Gasteiger partial charge in [0.05, 0.1) is 12.1 Å². The second-order valence-electron chi connectivity index (χ2n) is 10.4. The fraction of sp³-hybridized carbons (Fsp3) is 0.438. The molecule has 2 atom stereocenters. The van der Waals surface area contributed by atoms with E-state index in [0.29, 0.717) is 18.7 Å². The lowest BCUT2D eigenvalue weighted by Crippen LogP contribution is -2.28. The molecule has 1 amide bonds. The lowest BCUT2D eigenvalue weighted by atomic mass is 9.86. The van der Waals surface area contributed by atoms with E-state index >= 15 is 0 Å². The lowest BCUT2D eigenvalue weighted by molar-refractivity contribution is -0.137. The zero-order valence-electron chi connectivity index (χ0n) is 24.9. The number of carbonyl (C=O) groups excluding carboxylic acids is 1. The number of carboxylic acid groups (broad SMARTS) is 1. The normalized spacial score (nSPS) is 19.6. The predicted molar refractivity (Wildman–Crippen MR) is 167 cm³/mol. The van der Waals surface area contributed by atoms with Crippen molar-refractivity contribution in [2.24, 2.45) is 21.8 Å². The standard InChI is InChI=1S/C32H45N5O3/c1-10-12-15-37(9)30(38)16-23(19-33-7)32-25(13-14-31(39)40)22(6)28(36-32)18-27-21(5)24(11-2)29(35-27)17-26(34-8)20(3)4/h11,17-19,22,25,35-36H,2-3,8,10,12-16H2,1,4-7,9H3,(H,39,40)/b26-17-,28-18-,32-23-,33-19?/t22-,25-/m0/s1. The largest absolute Gasteiger partial charge is 0.481 e. The molecule has 8 heteroatoms. The highest BCUT2D eigenvalue weighted by Crippen LogP contribution is 2.39. The number of allylic oxidation sites excluding steroid dienone is 3. The van der Waals surface area contributed by atoms with E-state index in [2.05, 4.69) is 60.1 Å². The number of aliphatic carboxylic acids is 1. The molecule has 3 N–H and O–H groups in total. The third-order valence-electron chi connectivity index (χ3n) is 7.42. The van der Waals surface area contributed by atoms with E-state index in [0.717, 1.165) is 57.9 Å². The minimum absolute atomic E-state index is 0.00257. The van der Waals surface area contributed by atoms with Gasteiger partial charge in [-0.1, -0.05) is 39.5 Å². The topological polar surface area (TPSA) is 110 Å². The molecule has 0 spiro atoms. The Labute approximate surface area is 239 Å². The first-order chi connectivity index (χ1) is 19.0. The monoisotopic (exact) mass is 547 g/mol. The Morgan fingerprint density at radius 1 is 1.25 bits per heavy atom. The van der Waals surface area contributed by atoms with E-state index < -0.39 is 5.97 Å². The summed E-state index contributed by atoms with van der Waals surface area (Å²) in [6.45, 7) is 20.4. The maximum Gasteiger partial charge on any atom is 0.303 e. The molecule has 1 fully saturated rings. The number of H-pyrrole nitrogens is 1. The molecule has 0 saturated carbocycles. The van der Waals surface area contributed by atoms with Crippen LogP contribution in [0, 0.1) is 18.8 Å². The summed E-state index contributed by atoms with van der Waals surface area (Å²) in [5.74, 6) is -0.938. The second kappa shape index (κ2) is 15.0. The van der Waals surface area contributed by atoms with Crippen molar-refractivity contribution in [2.45, 2.75) is 59.8 Å². The molecule has 216 valence electrons. The summed E-state index contributed by atoms with van der Waals surface area (Å²) in [6.07, 6.45) is 10.1. The number of amides is 1. The molecule has 1 aromatic heterocycles. The fourth-order valence-electron chi connectivity index (χ4n) is 4.94. The molecule has 0 aromatic carbocycles. The van der Waals surface area contributed by atoms with Gasteiger partial charge in [0.15, 0.2) is 0 Å². The van der Waals surface area contributed by atoms with Crippen LogP contribution in [0.4, 0.5) is 0 Å². The summed E-state index contributed by atoms with van der Waals surface area (Å²) in [7, 11) is 3.50. The highest BCUT2D eigenvalue weighted by Gasteiger charge is 2.35. The quantitative estimate of drug-likeness (QED) is 0.189. The number of nitrogens with one attached hydrogen (secondary N) is 2. The maximum atomic E-state index is 13.1. The van der Waals surface area contributed by atoms with Gasteiger partial charge in [0.25, 0.3) is 0 Å². The van der Waals surface area contributed by atoms with Gasteiger partial charge in [0, 0.05) is 73.5 Å². The van der Waals surface area contributed by atoms with Crippen LogP contribution in [0.3, 0.4) is 0 Å². The van der Waals surface area contributed by atoms with Crippen LogP contribution in [-0.4, -0.2) is 60.4 Å². The van der Waals surface area contributed by atoms with Crippen molar-refractivity contribution in [3.05, 3.63) is 63.9 Å². The summed E-state index contributed by atoms with van der Waals surface area (Å²) in [6, 6.07) is 0. The molecule has 1 aromatic rings. The molecule has 0 bridgehead atoms. The number of hydrogen-bond donors (Lipinski definition) is 3. The highest BCUT2D eigenvalue weighted by molar-refractivity contribution is 5.90. The van der Waals surface area contributed by atoms with Crippen LogP contribution in [0.5, 0.6) is 0 Å². The summed E-state index contributed by atoms with van der Waals surface area (Å²) < 4.78 is 0. The van der Waals surface area contributed by atoms with Crippen molar-refractivity contribution >= 4 is 43.0 Å². The van der Waals surface area contributed by atoms with Gasteiger partial charge in [-0.15, -0.1) is 0 Å². The summed E-state index contributed by atoms with van der Waals surface area (Å²) >= 11 is 0. The minimum atomic E-state index is -0.846. The lowest BCUT2D eigenvalue weighted by Gasteiger charge is -2.20. The Morgan fingerprint density at radius 3 is 2.50 bits per heavy atom. The second-order valence-corrected chi connectivity index (χ2v) is 10.4. The van der Waals surface area contributed by atoms with E-state index in [1.54, 1.807) is 18.2 Å². The average molecular weight is 548 g/mol. The Balaban J connectivity index is 2.59. The molecule has 2 heterocycles. The molecule has 0 unspecified atom stereocenters. The van der Waals surface area contributed by atoms with Crippen LogP contribution in [0.15, 0.2) is 51.4 Å². The first-order valence-electron chi connectivity index (χ1n) is 13.8. The van der Waals surface area contributed by atoms with Crippen molar-refractivity contribution in [1.29, 1.82) is 0 Å². The first-order valence-corrected chi connectivity index (χ1v) is 13.8. The van der Waals surface area contributed by atoms with E-state index in [1.807, 2.05) is 33.0 Å². The van der Waals surface area contributed by atoms with Gasteiger partial charge in [-0.2, -0.15) is 0 Å². The molecule has 0 radical (unpaired) electrons. The molecule has 1 saturated heterocycles. The van der Waals surface area contributed by atoms with E-state index in [4.69, 9.17) is 0 Å². The Hall–Kier alpha value is -3.94. The van der Waals surface area contributed by atoms with Crippen molar-refractivity contribution in [1.82, 2.24) is 15.2 Å². The SMILES string of the molecule is C=Cc1c(/C=C(\N=C)C(=C)C)[nH]c(/C=C2\N/C(=C(\C=NC)CC(=O)N(C)CCCC)[C@@H](CCC(=O)O)[C@@H]2C)c1C. The number of aromatic amines is 1. The number of rotatable bonds is 14. The van der Waals surface area contributed by atoms with Gasteiger partial charge in [-0.05, 0) is 62.3 Å². The van der Waals surface area contributed by atoms with Gasteiger partial charge in [-0.3, -0.25) is 19.6 Å². The van der Waals surface area contributed by atoms with Gasteiger partial charge >= 0.3 is 5.97 Å². The highest BCUT2D eigenvalue weighted by atomic mass is 16.4. The third kappa shape index (κ3) is 8.04. The fourth-order valence-corrected chi connectivity index (χ4v) is 4.94. The smallest absolute Gasteiger partial charge is 0.303 e. The van der Waals surface area contributed by atoms with E-state index in [-0.39, 0.29) is 30.6 Å². The van der Waals surface area contributed by atoms with Crippen LogP contribution in [-0.2, 0) is 9.59 Å². The van der Waals surface area contributed by atoms with Crippen molar-refractivity contribution in [3.63, 3.8) is 0 Å². The van der Waals surface area contributed by atoms with Crippen LogP contribution in [0.25, 0.3) is 18.2 Å². The number of nitrogens with zero attached hydrogens (tertiary/aromatic N) is 3. The molecule has 0 aliphatic carbocycles. The maximum absolute atomic E-state index is 13.1. The van der Waals surface area contributed by atoms with Crippen LogP contribution >= 0.6 is 0 Å². The molecule has 8 nitrogen and oxygen atoms in total. The predicted octanol–water partition coefficient (Wildman–Crippen LogP) is 6.25. The summed E-state index contributed by atoms with van der Waals surface area (Å²) in [4.78, 5) is 38.1. The van der Waals surface area contributed by atoms with E-state index in [9.17, 15) is 14.7 Å². The number of carbonyl (C=O) groups is 2. The molecule has 2 rings (SSSR count). The number of unbranched alkanes of at least 4 members (excludes halogenated alkanes) is 1. The van der Waals surface area contributed by atoms with Crippen LogP contribution in [0.2, 0.25) is 0 Å². The third-order valence-corrected chi connectivity index (χ3v) is 7.42. The van der Waals surface area contributed by atoms with E-state index in [1.165, 1.54) is 0 Å². The van der Waals surface area contributed by atoms with Crippen LogP contribution < -0.4 is 5.32 Å². The molecule has 1 aliphatic heterocycles. The summed E-state index contributed by atoms with van der Waals surface area (Å²) in [5.41, 5.74) is 7.81. The Bertz CT molecular complexity index is 1260. The molecule has 40 heavy (non-hydrogen) atoms. The summed E-state index contributed by atoms with van der Waals surface area (Å²) in [5, 5.41) is 13.0. The molecular weight excluding hydrogens is 502 g/mol. The van der Waals surface area contributed by atoms with Crippen molar-refractivity contribution < 1.29 is 14.7 Å². The average Bonchev–Trinajstić information content (AvgIpc) is 3.38. The first kappa shape index (κ1) is 32.3. The number of carboxylic acids is 1. The zero-order valence-corrected chi connectivity index (χ0v) is 24.9. The van der Waals surface area contributed by atoms with Gasteiger partial charge in [0.2, 0.25) is 5.91 Å². The van der Waals surface area contributed by atoms with Gasteiger partial charge < -0.3 is 20.3 Å². The van der Waals surface area contributed by atoms with Crippen molar-refractivity contribution in [3.8, 4) is 0 Å². The Morgan fingerprint density at radius 2 is 1.95 bits per heavy atom. The number of aliphatic imine (C=N–C) groups is 2. The number of hydrogen-bond acceptors (Lipinski definition) is 5. The number of aromatic nitrogens is 1. The minimum Gasteiger partial charge on any atom is -0.481 e. The van der Waals surface area contributed by atoms with Gasteiger partial charge in [0.1, 0.15) is 0 Å².